The molecule has 74 heavy (non-hydrogen) atoms. The predicted octanol–water partition coefficient (Wildman–Crippen LogP) is 5.85. The van der Waals surface area contributed by atoms with Crippen molar-refractivity contribution in [3.05, 3.63) is 168 Å². The van der Waals surface area contributed by atoms with Gasteiger partial charge in [-0.3, -0.25) is 14.5 Å². The minimum atomic E-state index is -3.31. The van der Waals surface area contributed by atoms with Crippen molar-refractivity contribution in [2.75, 3.05) is 26.4 Å². The van der Waals surface area contributed by atoms with Crippen molar-refractivity contribution in [2.45, 2.75) is 126 Å². The first-order valence-electron chi connectivity index (χ1n) is 25.2. The van der Waals surface area contributed by atoms with Crippen LogP contribution in [0.2, 0.25) is 5.04 Å². The molecule has 0 bridgehead atoms. The number of imide groups is 1. The van der Waals surface area contributed by atoms with Gasteiger partial charge < -0.3 is 57.9 Å². The Morgan fingerprint density at radius 2 is 1.20 bits per heavy atom. The first-order chi connectivity index (χ1) is 35.6. The van der Waals surface area contributed by atoms with Crippen LogP contribution in [0.4, 0.5) is 4.79 Å². The Kier molecular flexibility index (Phi) is 16.6. The van der Waals surface area contributed by atoms with Gasteiger partial charge in [-0.25, -0.2) is 4.79 Å². The molecule has 0 radical (unpaired) electrons. The van der Waals surface area contributed by atoms with Crippen LogP contribution >= 0.6 is 0 Å². The molecule has 4 aliphatic rings. The largest absolute Gasteiger partial charge is 0.445 e. The smallest absolute Gasteiger partial charge is 0.407 e. The number of rotatable bonds is 19. The fourth-order valence-corrected chi connectivity index (χ4v) is 15.0. The summed E-state index contributed by atoms with van der Waals surface area (Å²) in [7, 11) is -3.31. The molecule has 10 atom stereocenters. The summed E-state index contributed by atoms with van der Waals surface area (Å²) in [5, 5.41) is 29.4. The van der Waals surface area contributed by atoms with Crippen LogP contribution in [0.3, 0.4) is 0 Å². The Morgan fingerprint density at radius 3 is 1.78 bits per heavy atom. The molecule has 4 heterocycles. The number of nitrogens with zero attached hydrogens (tertiary/aromatic N) is 1. The highest BCUT2D eigenvalue weighted by Crippen LogP contribution is 2.42. The van der Waals surface area contributed by atoms with Gasteiger partial charge in [0.05, 0.1) is 37.6 Å². The SMILES string of the molecule is CC1(C)O[C@@H]2[C@@H](O)[C@H](O[C@H]3[C@H](O)[C@@H](N4C(=O)c5ccccc5C4=O)[C@H](OCCCNC(=O)OCc4ccccc4)O[C@@H]3CO[Si](c3ccccc3)(c3ccccc3)C(C)(C)C)O[C@H](COCc3ccccc3)[C@@H]2O1. The molecule has 3 fully saturated rings. The first kappa shape index (κ1) is 53.2. The molecule has 0 unspecified atom stereocenters. The molecule has 392 valence electrons. The van der Waals surface area contributed by atoms with Crippen molar-refractivity contribution < 1.29 is 66.9 Å². The molecule has 0 aromatic heterocycles. The van der Waals surface area contributed by atoms with Crippen LogP contribution in [0.15, 0.2) is 146 Å². The third-order valence-corrected chi connectivity index (χ3v) is 18.9. The monoisotopic (exact) mass is 1030 g/mol. The number of amides is 3. The number of carbonyl (C=O) groups excluding carboxylic acids is 3. The van der Waals surface area contributed by atoms with E-state index in [0.717, 1.165) is 26.4 Å². The molecule has 0 saturated carbocycles. The molecule has 3 saturated heterocycles. The molecule has 9 rings (SSSR count). The molecule has 0 aliphatic carbocycles. The zero-order valence-corrected chi connectivity index (χ0v) is 43.3. The summed E-state index contributed by atoms with van der Waals surface area (Å²) in [6.07, 6.45) is -11.6. The van der Waals surface area contributed by atoms with Gasteiger partial charge in [0, 0.05) is 6.54 Å². The van der Waals surface area contributed by atoms with Gasteiger partial charge in [-0.2, -0.15) is 0 Å². The Bertz CT molecular complexity index is 2590. The quantitative estimate of drug-likeness (QED) is 0.0507. The van der Waals surface area contributed by atoms with E-state index in [4.69, 9.17) is 42.3 Å². The molecule has 5 aromatic carbocycles. The summed E-state index contributed by atoms with van der Waals surface area (Å²) >= 11 is 0. The highest BCUT2D eigenvalue weighted by molar-refractivity contribution is 6.99. The van der Waals surface area contributed by atoms with Gasteiger partial charge >= 0.3 is 6.09 Å². The van der Waals surface area contributed by atoms with Crippen LogP contribution in [0, 0.1) is 0 Å². The van der Waals surface area contributed by atoms with Crippen molar-refractivity contribution >= 4 is 36.6 Å². The fraction of sp³-hybridized carbons (Fsp3) is 0.421. The maximum atomic E-state index is 14.4. The molecular weight excluding hydrogens is 965 g/mol. The number of aliphatic hydroxyl groups excluding tert-OH is 2. The molecule has 4 aliphatic heterocycles. The van der Waals surface area contributed by atoms with Crippen LogP contribution in [0.1, 0.15) is 72.9 Å². The van der Waals surface area contributed by atoms with Crippen molar-refractivity contribution in [1.29, 1.82) is 0 Å². The normalized spacial score (nSPS) is 26.6. The molecule has 3 N–H and O–H groups in total. The summed E-state index contributed by atoms with van der Waals surface area (Å²) in [5.41, 5.74) is 2.07. The van der Waals surface area contributed by atoms with Crippen molar-refractivity contribution in [1.82, 2.24) is 10.2 Å². The first-order valence-corrected chi connectivity index (χ1v) is 27.1. The van der Waals surface area contributed by atoms with Gasteiger partial charge in [0.2, 0.25) is 0 Å². The number of fused-ring (bicyclic) bond motifs is 2. The number of carbonyl (C=O) groups is 3. The third kappa shape index (κ3) is 11.4. The lowest BCUT2D eigenvalue weighted by Gasteiger charge is -2.50. The summed E-state index contributed by atoms with van der Waals surface area (Å²) in [6, 6.07) is 43.9. The van der Waals surface area contributed by atoms with Gasteiger partial charge in [-0.1, -0.05) is 154 Å². The lowest BCUT2D eigenvalue weighted by atomic mass is 9.94. The van der Waals surface area contributed by atoms with Crippen LogP contribution in [-0.2, 0) is 55.5 Å². The molecule has 17 heteroatoms. The summed E-state index contributed by atoms with van der Waals surface area (Å²) in [6.45, 7) is 10.2. The Labute approximate surface area is 432 Å². The third-order valence-electron chi connectivity index (χ3n) is 13.9. The van der Waals surface area contributed by atoms with Crippen LogP contribution in [0.5, 0.6) is 0 Å². The second-order valence-corrected chi connectivity index (χ2v) is 24.7. The second kappa shape index (κ2) is 23.1. The van der Waals surface area contributed by atoms with Crippen LogP contribution in [-0.4, -0.2) is 135 Å². The van der Waals surface area contributed by atoms with Gasteiger partial charge in [0.1, 0.15) is 55.4 Å². The van der Waals surface area contributed by atoms with Crippen LogP contribution in [0.25, 0.3) is 0 Å². The predicted molar refractivity (Wildman–Crippen MR) is 274 cm³/mol. The lowest BCUT2D eigenvalue weighted by molar-refractivity contribution is -0.344. The van der Waals surface area contributed by atoms with E-state index in [2.05, 4.69) is 50.4 Å². The average molecular weight is 1030 g/mol. The molecule has 0 spiro atoms. The number of hydrogen-bond donors (Lipinski definition) is 3. The highest BCUT2D eigenvalue weighted by Gasteiger charge is 2.60. The van der Waals surface area contributed by atoms with Crippen molar-refractivity contribution in [3.63, 3.8) is 0 Å². The minimum Gasteiger partial charge on any atom is -0.445 e. The van der Waals surface area contributed by atoms with E-state index in [1.165, 1.54) is 0 Å². The Balaban J connectivity index is 1.04. The fourth-order valence-electron chi connectivity index (χ4n) is 10.4. The van der Waals surface area contributed by atoms with Crippen molar-refractivity contribution in [2.24, 2.45) is 0 Å². The molecule has 3 amide bonds. The van der Waals surface area contributed by atoms with Gasteiger partial charge in [0.15, 0.2) is 18.4 Å². The van der Waals surface area contributed by atoms with E-state index in [9.17, 15) is 24.6 Å². The van der Waals surface area contributed by atoms with E-state index in [1.54, 1.807) is 38.1 Å². The topological polar surface area (TPSA) is 190 Å². The number of benzene rings is 5. The maximum absolute atomic E-state index is 14.4. The Morgan fingerprint density at radius 1 is 0.676 bits per heavy atom. The zero-order valence-electron chi connectivity index (χ0n) is 42.3. The second-order valence-electron chi connectivity index (χ2n) is 20.4. The summed E-state index contributed by atoms with van der Waals surface area (Å²) < 4.78 is 58.4. The molecule has 16 nitrogen and oxygen atoms in total. The summed E-state index contributed by atoms with van der Waals surface area (Å²) in [4.78, 5) is 42.4. The minimum absolute atomic E-state index is 0.0272. The van der Waals surface area contributed by atoms with Gasteiger partial charge in [-0.15, -0.1) is 0 Å². The van der Waals surface area contributed by atoms with Gasteiger partial charge in [-0.05, 0) is 58.9 Å². The van der Waals surface area contributed by atoms with Gasteiger partial charge in [0.25, 0.3) is 20.1 Å². The maximum Gasteiger partial charge on any atom is 0.407 e. The van der Waals surface area contributed by atoms with E-state index in [1.807, 2.05) is 97.1 Å². The number of nitrogens with one attached hydrogen (secondary N) is 1. The van der Waals surface area contributed by atoms with Crippen LogP contribution < -0.4 is 15.7 Å². The van der Waals surface area contributed by atoms with Crippen molar-refractivity contribution in [3.8, 4) is 0 Å². The lowest BCUT2D eigenvalue weighted by Crippen LogP contribution is -2.70. The molecular formula is C57H66N2O14Si. The zero-order chi connectivity index (χ0) is 52.0. The number of aliphatic hydroxyl groups is 2. The van der Waals surface area contributed by atoms with E-state index in [-0.39, 0.29) is 57.1 Å². The van der Waals surface area contributed by atoms with E-state index < -0.39 is 98.4 Å². The highest BCUT2D eigenvalue weighted by atomic mass is 28.4. The Hall–Kier alpha value is -5.67. The number of ether oxygens (including phenoxy) is 8. The molecule has 5 aromatic rings. The summed E-state index contributed by atoms with van der Waals surface area (Å²) in [5.74, 6) is -2.44. The van der Waals surface area contributed by atoms with E-state index in [0.29, 0.717) is 0 Å². The average Bonchev–Trinajstić information content (AvgIpc) is 3.88. The standard InChI is InChI=1S/C57H66N2O14Si/c1-56(2,3)74(39-25-14-8-15-26-39,40-27-16-9-17-28-40)68-36-44-48(71-54-47(61)50-49(72-57(4,5)73-50)43(70-54)35-65-33-37-21-10-6-11-22-37)46(60)45(59-51(62)41-29-18-19-30-42(41)52(59)63)53(69-44)66-32-20-31-58-55(64)67-34-38-23-12-7-13-24-38/h6-19,21-30,43-50,53-54,60-61H,20,31-36H2,1-5H3,(H,58,64)/t43-,44-,45-,46-,47-,48-,49+,50-,53-,54+/m1/s1. The van der Waals surface area contributed by atoms with E-state index >= 15 is 0 Å². The number of alkyl carbamates (subject to hydrolysis) is 1. The number of hydrogen-bond acceptors (Lipinski definition) is 14.